The molecule has 5 nitrogen and oxygen atoms in total. The van der Waals surface area contributed by atoms with Crippen molar-refractivity contribution in [3.63, 3.8) is 0 Å². The molecule has 1 heterocycles. The number of aliphatic hydroxyl groups is 1. The van der Waals surface area contributed by atoms with E-state index in [1.165, 1.54) is 16.2 Å². The van der Waals surface area contributed by atoms with E-state index in [0.717, 1.165) is 11.3 Å². The Morgan fingerprint density at radius 1 is 1.39 bits per heavy atom. The summed E-state index contributed by atoms with van der Waals surface area (Å²) in [6.45, 7) is 2.69. The normalized spacial score (nSPS) is 12.2. The molecule has 0 unspecified atom stereocenters. The molecule has 1 rings (SSSR count). The van der Waals surface area contributed by atoms with E-state index >= 15 is 0 Å². The molecule has 0 radical (unpaired) electrons. The number of rotatable bonds is 8. The van der Waals surface area contributed by atoms with Crippen molar-refractivity contribution in [3.8, 4) is 0 Å². The van der Waals surface area contributed by atoms with Gasteiger partial charge in [-0.1, -0.05) is 6.92 Å². The maximum Gasteiger partial charge on any atom is 0.279 e. The molecular formula is C11H20N2O3S2. The molecule has 0 aliphatic carbocycles. The van der Waals surface area contributed by atoms with Crippen molar-refractivity contribution in [2.24, 2.45) is 0 Å². The summed E-state index contributed by atoms with van der Waals surface area (Å²) in [4.78, 5) is 2.25. The van der Waals surface area contributed by atoms with Crippen LogP contribution in [0.15, 0.2) is 12.1 Å². The van der Waals surface area contributed by atoms with E-state index in [9.17, 15) is 8.42 Å². The number of aryl methyl sites for hydroxylation is 1. The van der Waals surface area contributed by atoms with Gasteiger partial charge in [0.05, 0.1) is 0 Å². The minimum Gasteiger partial charge on any atom is -0.396 e. The Kier molecular flexibility index (Phi) is 6.24. The molecule has 18 heavy (non-hydrogen) atoms. The lowest BCUT2D eigenvalue weighted by Gasteiger charge is -2.16. The zero-order valence-electron chi connectivity index (χ0n) is 10.7. The van der Waals surface area contributed by atoms with Crippen LogP contribution in [-0.2, 0) is 23.2 Å². The molecule has 1 aromatic heterocycles. The van der Waals surface area contributed by atoms with Crippen molar-refractivity contribution in [1.82, 2.24) is 9.03 Å². The highest BCUT2D eigenvalue weighted by Crippen LogP contribution is 2.16. The Morgan fingerprint density at radius 3 is 2.61 bits per heavy atom. The van der Waals surface area contributed by atoms with Crippen LogP contribution in [0.3, 0.4) is 0 Å². The van der Waals surface area contributed by atoms with Crippen LogP contribution in [-0.4, -0.2) is 38.0 Å². The number of nitrogens with one attached hydrogen (secondary N) is 1. The van der Waals surface area contributed by atoms with Gasteiger partial charge in [-0.3, -0.25) is 0 Å². The third kappa shape index (κ3) is 4.66. The molecule has 7 heteroatoms. The summed E-state index contributed by atoms with van der Waals surface area (Å²) in [7, 11) is -1.95. The van der Waals surface area contributed by atoms with Crippen LogP contribution in [0.1, 0.15) is 23.1 Å². The van der Waals surface area contributed by atoms with Crippen LogP contribution in [0, 0.1) is 0 Å². The topological polar surface area (TPSA) is 69.6 Å². The van der Waals surface area contributed by atoms with Crippen LogP contribution < -0.4 is 4.72 Å². The Labute approximate surface area is 113 Å². The second-order valence-electron chi connectivity index (χ2n) is 3.95. The first-order valence-electron chi connectivity index (χ1n) is 5.89. The maximum atomic E-state index is 11.8. The predicted molar refractivity (Wildman–Crippen MR) is 73.8 cm³/mol. The van der Waals surface area contributed by atoms with Crippen molar-refractivity contribution in [2.45, 2.75) is 26.3 Å². The summed E-state index contributed by atoms with van der Waals surface area (Å²) in [5.41, 5.74) is 0. The summed E-state index contributed by atoms with van der Waals surface area (Å²) in [6.07, 6.45) is 1.41. The second-order valence-corrected chi connectivity index (χ2v) is 7.06. The van der Waals surface area contributed by atoms with E-state index in [-0.39, 0.29) is 6.61 Å². The zero-order chi connectivity index (χ0) is 13.6. The monoisotopic (exact) mass is 292 g/mol. The standard InChI is InChI=1S/C11H20N2O3S2/c1-3-10-5-6-11(17-10)9-12-18(15,16)13(2)7-4-8-14/h5-6,12,14H,3-4,7-9H2,1-2H3. The predicted octanol–water partition coefficient (Wildman–Crippen LogP) is 0.959. The van der Waals surface area contributed by atoms with Gasteiger partial charge < -0.3 is 5.11 Å². The highest BCUT2D eigenvalue weighted by Gasteiger charge is 2.16. The summed E-state index contributed by atoms with van der Waals surface area (Å²) in [5, 5.41) is 8.68. The zero-order valence-corrected chi connectivity index (χ0v) is 12.4. The number of hydrogen-bond donors (Lipinski definition) is 2. The molecule has 0 aliphatic heterocycles. The molecule has 0 amide bonds. The van der Waals surface area contributed by atoms with Gasteiger partial charge in [0.25, 0.3) is 10.2 Å². The quantitative estimate of drug-likeness (QED) is 0.750. The largest absolute Gasteiger partial charge is 0.396 e. The highest BCUT2D eigenvalue weighted by molar-refractivity contribution is 7.87. The molecule has 1 aromatic rings. The maximum absolute atomic E-state index is 11.8. The third-order valence-corrected chi connectivity index (χ3v) is 5.28. The summed E-state index contributed by atoms with van der Waals surface area (Å²) in [6, 6.07) is 3.96. The van der Waals surface area contributed by atoms with Crippen molar-refractivity contribution in [1.29, 1.82) is 0 Å². The van der Waals surface area contributed by atoms with Gasteiger partial charge in [-0.25, -0.2) is 0 Å². The van der Waals surface area contributed by atoms with E-state index < -0.39 is 10.2 Å². The molecule has 0 fully saturated rings. The summed E-state index contributed by atoms with van der Waals surface area (Å²) in [5.74, 6) is 0. The second kappa shape index (κ2) is 7.20. The van der Waals surface area contributed by atoms with E-state index in [1.807, 2.05) is 12.1 Å². The van der Waals surface area contributed by atoms with Crippen molar-refractivity contribution in [2.75, 3.05) is 20.2 Å². The average Bonchev–Trinajstić information content (AvgIpc) is 2.81. The Balaban J connectivity index is 2.50. The molecule has 0 atom stereocenters. The number of aliphatic hydroxyl groups excluding tert-OH is 1. The first-order valence-corrected chi connectivity index (χ1v) is 8.14. The van der Waals surface area contributed by atoms with Crippen LogP contribution in [0.4, 0.5) is 0 Å². The highest BCUT2D eigenvalue weighted by atomic mass is 32.2. The summed E-state index contributed by atoms with van der Waals surface area (Å²) < 4.78 is 27.4. The van der Waals surface area contributed by atoms with Crippen molar-refractivity contribution < 1.29 is 13.5 Å². The van der Waals surface area contributed by atoms with E-state index in [0.29, 0.717) is 19.5 Å². The third-order valence-electron chi connectivity index (χ3n) is 2.54. The van der Waals surface area contributed by atoms with Crippen LogP contribution in [0.2, 0.25) is 0 Å². The Morgan fingerprint density at radius 2 is 2.06 bits per heavy atom. The fourth-order valence-electron chi connectivity index (χ4n) is 1.39. The van der Waals surface area contributed by atoms with Crippen LogP contribution in [0.25, 0.3) is 0 Å². The molecule has 0 bridgehead atoms. The SMILES string of the molecule is CCc1ccc(CNS(=O)(=O)N(C)CCCO)s1. The van der Waals surface area contributed by atoms with Gasteiger partial charge in [0.2, 0.25) is 0 Å². The van der Waals surface area contributed by atoms with Gasteiger partial charge in [-0.2, -0.15) is 17.4 Å². The fraction of sp³-hybridized carbons (Fsp3) is 0.636. The molecule has 0 saturated heterocycles. The molecule has 0 aromatic carbocycles. The Bertz CT molecular complexity index is 457. The Hall–Kier alpha value is -0.470. The van der Waals surface area contributed by atoms with E-state index in [2.05, 4.69) is 11.6 Å². The van der Waals surface area contributed by atoms with E-state index in [1.54, 1.807) is 11.3 Å². The first kappa shape index (κ1) is 15.6. The molecule has 0 spiro atoms. The van der Waals surface area contributed by atoms with Gasteiger partial charge in [-0.15, -0.1) is 11.3 Å². The van der Waals surface area contributed by atoms with Gasteiger partial charge in [0.1, 0.15) is 0 Å². The van der Waals surface area contributed by atoms with Crippen LogP contribution >= 0.6 is 11.3 Å². The minimum absolute atomic E-state index is 0.00928. The van der Waals surface area contributed by atoms with Gasteiger partial charge in [0, 0.05) is 36.5 Å². The van der Waals surface area contributed by atoms with Crippen LogP contribution in [0.5, 0.6) is 0 Å². The minimum atomic E-state index is -3.45. The first-order chi connectivity index (χ1) is 8.49. The average molecular weight is 292 g/mol. The molecule has 0 aliphatic rings. The van der Waals surface area contributed by atoms with Gasteiger partial charge in [0.15, 0.2) is 0 Å². The lowest BCUT2D eigenvalue weighted by atomic mass is 10.4. The number of hydrogen-bond acceptors (Lipinski definition) is 4. The number of nitrogens with zero attached hydrogens (tertiary/aromatic N) is 1. The fourth-order valence-corrected chi connectivity index (χ4v) is 3.31. The molecule has 2 N–H and O–H groups in total. The van der Waals surface area contributed by atoms with Crippen molar-refractivity contribution in [3.05, 3.63) is 21.9 Å². The smallest absolute Gasteiger partial charge is 0.279 e. The molecule has 0 saturated carbocycles. The molecular weight excluding hydrogens is 272 g/mol. The summed E-state index contributed by atoms with van der Waals surface area (Å²) >= 11 is 1.62. The van der Waals surface area contributed by atoms with E-state index in [4.69, 9.17) is 5.11 Å². The van der Waals surface area contributed by atoms with Crippen molar-refractivity contribution >= 4 is 21.5 Å². The lowest BCUT2D eigenvalue weighted by Crippen LogP contribution is -2.38. The van der Waals surface area contributed by atoms with Gasteiger partial charge >= 0.3 is 0 Å². The van der Waals surface area contributed by atoms with Gasteiger partial charge in [-0.05, 0) is 25.0 Å². The molecule has 104 valence electrons. The number of thiophene rings is 1. The lowest BCUT2D eigenvalue weighted by molar-refractivity contribution is 0.275.